The first kappa shape index (κ1) is 11.3. The summed E-state index contributed by atoms with van der Waals surface area (Å²) >= 11 is 0. The van der Waals surface area contributed by atoms with Gasteiger partial charge in [-0.25, -0.2) is 4.39 Å². The Balaban J connectivity index is 1.72. The first-order valence-corrected chi connectivity index (χ1v) is 6.00. The van der Waals surface area contributed by atoms with E-state index in [2.05, 4.69) is 22.6 Å². The van der Waals surface area contributed by atoms with Crippen LogP contribution in [0.5, 0.6) is 0 Å². The van der Waals surface area contributed by atoms with Crippen LogP contribution in [-0.4, -0.2) is 56.4 Å². The van der Waals surface area contributed by atoms with Crippen LogP contribution in [0.3, 0.4) is 0 Å². The standard InChI is InChI=1S/C11H22FN3/c1-15-6-3-10(7-15)14-9-11(12)4-2-5-13-8-11/h10,13-14H,2-9H2,1H3. The van der Waals surface area contributed by atoms with Gasteiger partial charge in [0.1, 0.15) is 5.67 Å². The van der Waals surface area contributed by atoms with E-state index in [1.165, 1.54) is 0 Å². The molecule has 15 heavy (non-hydrogen) atoms. The number of rotatable bonds is 3. The van der Waals surface area contributed by atoms with E-state index < -0.39 is 5.67 Å². The van der Waals surface area contributed by atoms with Crippen molar-refractivity contribution < 1.29 is 4.39 Å². The minimum Gasteiger partial charge on any atom is -0.313 e. The van der Waals surface area contributed by atoms with Crippen molar-refractivity contribution in [3.8, 4) is 0 Å². The summed E-state index contributed by atoms with van der Waals surface area (Å²) in [6.45, 7) is 4.19. The van der Waals surface area contributed by atoms with Crippen LogP contribution in [0.4, 0.5) is 4.39 Å². The molecule has 0 aromatic carbocycles. The van der Waals surface area contributed by atoms with E-state index in [-0.39, 0.29) is 0 Å². The second kappa shape index (κ2) is 4.76. The van der Waals surface area contributed by atoms with Crippen molar-refractivity contribution in [3.63, 3.8) is 0 Å². The molecule has 0 aromatic heterocycles. The molecule has 2 aliphatic rings. The minimum atomic E-state index is -1.01. The molecule has 2 unspecified atom stereocenters. The molecule has 2 rings (SSSR count). The Hall–Kier alpha value is -0.190. The van der Waals surface area contributed by atoms with Crippen LogP contribution < -0.4 is 10.6 Å². The molecule has 0 spiro atoms. The number of likely N-dealkylation sites (tertiary alicyclic amines) is 1. The van der Waals surface area contributed by atoms with Crippen LogP contribution in [-0.2, 0) is 0 Å². The lowest BCUT2D eigenvalue weighted by atomic mass is 9.96. The third-order valence-corrected chi connectivity index (χ3v) is 3.52. The molecule has 2 aliphatic heterocycles. The van der Waals surface area contributed by atoms with Gasteiger partial charge >= 0.3 is 0 Å². The Labute approximate surface area is 91.4 Å². The van der Waals surface area contributed by atoms with E-state index in [9.17, 15) is 4.39 Å². The highest BCUT2D eigenvalue weighted by molar-refractivity contribution is 4.90. The Morgan fingerprint density at radius 2 is 2.47 bits per heavy atom. The van der Waals surface area contributed by atoms with Crippen molar-refractivity contribution in [2.24, 2.45) is 0 Å². The predicted octanol–water partition coefficient (Wildman–Crippen LogP) is 0.372. The highest BCUT2D eigenvalue weighted by Crippen LogP contribution is 2.20. The zero-order valence-electron chi connectivity index (χ0n) is 9.56. The number of nitrogens with zero attached hydrogens (tertiary/aromatic N) is 1. The van der Waals surface area contributed by atoms with Gasteiger partial charge in [0, 0.05) is 25.7 Å². The monoisotopic (exact) mass is 215 g/mol. The van der Waals surface area contributed by atoms with E-state index in [1.54, 1.807) is 0 Å². The predicted molar refractivity (Wildman–Crippen MR) is 59.8 cm³/mol. The number of hydrogen-bond donors (Lipinski definition) is 2. The Kier molecular flexibility index (Phi) is 3.59. The number of likely N-dealkylation sites (N-methyl/N-ethyl adjacent to an activating group) is 1. The molecule has 0 amide bonds. The van der Waals surface area contributed by atoms with Crippen LogP contribution in [0.15, 0.2) is 0 Å². The van der Waals surface area contributed by atoms with Crippen molar-refractivity contribution in [1.29, 1.82) is 0 Å². The molecule has 4 heteroatoms. The van der Waals surface area contributed by atoms with Crippen molar-refractivity contribution >= 4 is 0 Å². The fraction of sp³-hybridized carbons (Fsp3) is 1.00. The third-order valence-electron chi connectivity index (χ3n) is 3.52. The van der Waals surface area contributed by atoms with Gasteiger partial charge in [0.25, 0.3) is 0 Å². The maximum Gasteiger partial charge on any atom is 0.135 e. The first-order valence-electron chi connectivity index (χ1n) is 6.00. The summed E-state index contributed by atoms with van der Waals surface area (Å²) in [6, 6.07) is 0.490. The van der Waals surface area contributed by atoms with Crippen molar-refractivity contribution in [2.45, 2.75) is 31.0 Å². The molecule has 2 heterocycles. The largest absolute Gasteiger partial charge is 0.313 e. The van der Waals surface area contributed by atoms with Gasteiger partial charge in [0.15, 0.2) is 0 Å². The van der Waals surface area contributed by atoms with E-state index >= 15 is 0 Å². The smallest absolute Gasteiger partial charge is 0.135 e. The molecule has 0 saturated carbocycles. The number of alkyl halides is 1. The number of nitrogens with one attached hydrogen (secondary N) is 2. The van der Waals surface area contributed by atoms with Crippen LogP contribution in [0.2, 0.25) is 0 Å². The molecular weight excluding hydrogens is 193 g/mol. The Bertz CT molecular complexity index is 204. The second-order valence-corrected chi connectivity index (χ2v) is 5.06. The topological polar surface area (TPSA) is 27.3 Å². The van der Waals surface area contributed by atoms with Gasteiger partial charge in [-0.2, -0.15) is 0 Å². The molecule has 0 aliphatic carbocycles. The fourth-order valence-corrected chi connectivity index (χ4v) is 2.51. The van der Waals surface area contributed by atoms with E-state index in [0.717, 1.165) is 32.5 Å². The number of piperidine rings is 1. The second-order valence-electron chi connectivity index (χ2n) is 5.06. The molecule has 2 saturated heterocycles. The molecule has 0 bridgehead atoms. The molecule has 0 aromatic rings. The summed E-state index contributed by atoms with van der Waals surface area (Å²) in [5.41, 5.74) is -1.01. The molecule has 2 fully saturated rings. The van der Waals surface area contributed by atoms with Crippen LogP contribution in [0, 0.1) is 0 Å². The highest BCUT2D eigenvalue weighted by Gasteiger charge is 2.32. The van der Waals surface area contributed by atoms with Crippen LogP contribution in [0.25, 0.3) is 0 Å². The average Bonchev–Trinajstić information content (AvgIpc) is 2.63. The van der Waals surface area contributed by atoms with Gasteiger partial charge in [0.05, 0.1) is 0 Å². The van der Waals surface area contributed by atoms with Gasteiger partial charge in [-0.15, -0.1) is 0 Å². The van der Waals surface area contributed by atoms with Crippen molar-refractivity contribution in [2.75, 3.05) is 39.8 Å². The van der Waals surface area contributed by atoms with Crippen LogP contribution in [0.1, 0.15) is 19.3 Å². The van der Waals surface area contributed by atoms with Gasteiger partial charge in [-0.1, -0.05) is 0 Å². The van der Waals surface area contributed by atoms with Gasteiger partial charge in [-0.3, -0.25) is 0 Å². The normalized spacial score (nSPS) is 38.4. The maximum atomic E-state index is 14.2. The first-order chi connectivity index (χ1) is 7.18. The minimum absolute atomic E-state index is 0.490. The summed E-state index contributed by atoms with van der Waals surface area (Å²) in [7, 11) is 2.12. The Morgan fingerprint density at radius 1 is 1.60 bits per heavy atom. The fourth-order valence-electron chi connectivity index (χ4n) is 2.51. The van der Waals surface area contributed by atoms with E-state index in [4.69, 9.17) is 0 Å². The highest BCUT2D eigenvalue weighted by atomic mass is 19.1. The maximum absolute atomic E-state index is 14.2. The van der Waals surface area contributed by atoms with E-state index in [0.29, 0.717) is 25.6 Å². The summed E-state index contributed by atoms with van der Waals surface area (Å²) in [4.78, 5) is 2.29. The summed E-state index contributed by atoms with van der Waals surface area (Å²) < 4.78 is 14.2. The lowest BCUT2D eigenvalue weighted by Gasteiger charge is -2.31. The number of hydrogen-bond acceptors (Lipinski definition) is 3. The van der Waals surface area contributed by atoms with Gasteiger partial charge < -0.3 is 15.5 Å². The van der Waals surface area contributed by atoms with Gasteiger partial charge in [0.2, 0.25) is 0 Å². The molecule has 0 radical (unpaired) electrons. The van der Waals surface area contributed by atoms with Gasteiger partial charge in [-0.05, 0) is 39.4 Å². The Morgan fingerprint density at radius 3 is 3.07 bits per heavy atom. The average molecular weight is 215 g/mol. The molecular formula is C11H22FN3. The lowest BCUT2D eigenvalue weighted by Crippen LogP contribution is -2.51. The number of halogens is 1. The lowest BCUT2D eigenvalue weighted by molar-refractivity contribution is 0.116. The molecule has 88 valence electrons. The summed E-state index contributed by atoms with van der Waals surface area (Å²) in [6.07, 6.45) is 2.82. The summed E-state index contributed by atoms with van der Waals surface area (Å²) in [5, 5.41) is 6.50. The zero-order valence-corrected chi connectivity index (χ0v) is 9.56. The molecule has 2 atom stereocenters. The van der Waals surface area contributed by atoms with Crippen molar-refractivity contribution in [1.82, 2.24) is 15.5 Å². The van der Waals surface area contributed by atoms with E-state index in [1.807, 2.05) is 0 Å². The third kappa shape index (κ3) is 3.13. The summed E-state index contributed by atoms with van der Waals surface area (Å²) in [5.74, 6) is 0. The quantitative estimate of drug-likeness (QED) is 0.712. The van der Waals surface area contributed by atoms with Crippen molar-refractivity contribution in [3.05, 3.63) is 0 Å². The zero-order chi connectivity index (χ0) is 10.7. The van der Waals surface area contributed by atoms with Crippen LogP contribution >= 0.6 is 0 Å². The molecule has 3 nitrogen and oxygen atoms in total. The SMILES string of the molecule is CN1CCC(NCC2(F)CCCNC2)C1. The molecule has 2 N–H and O–H groups in total.